The number of thiazole rings is 1. The molecule has 2 N–H and O–H groups in total. The molecule has 0 radical (unpaired) electrons. The average molecular weight is 496 g/mol. The first-order chi connectivity index (χ1) is 16.4. The van der Waals surface area contributed by atoms with Crippen LogP contribution in [-0.4, -0.2) is 56.7 Å². The van der Waals surface area contributed by atoms with Gasteiger partial charge in [-0.2, -0.15) is 0 Å². The number of carboxylic acid groups (broad SMARTS) is 1. The fourth-order valence-electron chi connectivity index (χ4n) is 4.42. The lowest BCUT2D eigenvalue weighted by molar-refractivity contribution is -0.141. The van der Waals surface area contributed by atoms with Crippen LogP contribution >= 0.6 is 23.1 Å². The molecule has 1 fully saturated rings. The van der Waals surface area contributed by atoms with Crippen LogP contribution < -0.4 is 5.32 Å². The van der Waals surface area contributed by atoms with Crippen molar-refractivity contribution >= 4 is 46.2 Å². The van der Waals surface area contributed by atoms with E-state index in [1.165, 1.54) is 22.0 Å². The van der Waals surface area contributed by atoms with Gasteiger partial charge in [0.1, 0.15) is 18.3 Å². The van der Waals surface area contributed by atoms with Crippen LogP contribution in [0.25, 0.3) is 11.1 Å². The SMILES string of the molecule is CC1SCC(C(=O)O)N1C(=O)c1csc(NC(=O)OCC2c3ccccc3-c3ccccc32)n1. The van der Waals surface area contributed by atoms with Crippen LogP contribution in [0.3, 0.4) is 0 Å². The van der Waals surface area contributed by atoms with Crippen LogP contribution in [0.15, 0.2) is 53.9 Å². The second-order valence-corrected chi connectivity index (χ2v) is 10.2. The molecule has 2 unspecified atom stereocenters. The van der Waals surface area contributed by atoms with Gasteiger partial charge in [0.15, 0.2) is 5.13 Å². The molecule has 0 saturated carbocycles. The summed E-state index contributed by atoms with van der Waals surface area (Å²) in [4.78, 5) is 42.3. The summed E-state index contributed by atoms with van der Waals surface area (Å²) < 4.78 is 5.52. The number of hydrogen-bond donors (Lipinski definition) is 2. The summed E-state index contributed by atoms with van der Waals surface area (Å²) in [6, 6.07) is 15.3. The standard InChI is InChI=1S/C24H21N3O5S2/c1-13-27(20(12-33-13)22(29)30)21(28)19-11-34-23(25-19)26-24(31)32-10-18-16-8-4-2-6-14(16)15-7-3-5-9-17(15)18/h2-9,11,13,18,20H,10,12H2,1H3,(H,29,30)(H,25,26,31). The number of carboxylic acids is 1. The Morgan fingerprint density at radius 3 is 2.41 bits per heavy atom. The molecule has 2 aliphatic rings. The minimum Gasteiger partial charge on any atom is -0.480 e. The van der Waals surface area contributed by atoms with E-state index in [1.54, 1.807) is 6.92 Å². The molecule has 1 aliphatic heterocycles. The molecular formula is C24H21N3O5S2. The summed E-state index contributed by atoms with van der Waals surface area (Å²) in [6.45, 7) is 1.95. The van der Waals surface area contributed by atoms with Crippen LogP contribution in [-0.2, 0) is 9.53 Å². The highest BCUT2D eigenvalue weighted by atomic mass is 32.2. The van der Waals surface area contributed by atoms with Crippen LogP contribution in [0.1, 0.15) is 34.5 Å². The van der Waals surface area contributed by atoms with Gasteiger partial charge in [-0.1, -0.05) is 48.5 Å². The lowest BCUT2D eigenvalue weighted by atomic mass is 9.98. The van der Waals surface area contributed by atoms with Crippen LogP contribution in [0.2, 0.25) is 0 Å². The van der Waals surface area contributed by atoms with Gasteiger partial charge in [-0.15, -0.1) is 23.1 Å². The van der Waals surface area contributed by atoms with Gasteiger partial charge in [0.05, 0.1) is 5.37 Å². The van der Waals surface area contributed by atoms with Gasteiger partial charge in [0, 0.05) is 17.1 Å². The van der Waals surface area contributed by atoms with Crippen molar-refractivity contribution in [3.63, 3.8) is 0 Å². The molecule has 0 spiro atoms. The molecule has 2 aromatic carbocycles. The average Bonchev–Trinajstić information content (AvgIpc) is 3.53. The highest BCUT2D eigenvalue weighted by molar-refractivity contribution is 8.00. The highest BCUT2D eigenvalue weighted by Crippen LogP contribution is 2.44. The predicted molar refractivity (Wildman–Crippen MR) is 130 cm³/mol. The highest BCUT2D eigenvalue weighted by Gasteiger charge is 2.40. The third-order valence-electron chi connectivity index (χ3n) is 6.02. The van der Waals surface area contributed by atoms with Crippen molar-refractivity contribution in [1.82, 2.24) is 9.88 Å². The molecule has 10 heteroatoms. The molecular weight excluding hydrogens is 474 g/mol. The first kappa shape index (κ1) is 22.4. The number of benzene rings is 2. The molecule has 0 bridgehead atoms. The van der Waals surface area contributed by atoms with E-state index in [1.807, 2.05) is 36.4 Å². The molecule has 1 aliphatic carbocycles. The summed E-state index contributed by atoms with van der Waals surface area (Å²) in [6.07, 6.45) is -0.663. The molecule has 2 amide bonds. The summed E-state index contributed by atoms with van der Waals surface area (Å²) in [5.41, 5.74) is 4.61. The maximum Gasteiger partial charge on any atom is 0.413 e. The Labute approximate surface area is 204 Å². The summed E-state index contributed by atoms with van der Waals surface area (Å²) in [5.74, 6) is -1.25. The second kappa shape index (κ2) is 9.11. The molecule has 8 nitrogen and oxygen atoms in total. The smallest absolute Gasteiger partial charge is 0.413 e. The Hall–Kier alpha value is -3.37. The number of ether oxygens (including phenoxy) is 1. The summed E-state index contributed by atoms with van der Waals surface area (Å²) in [7, 11) is 0. The van der Waals surface area contributed by atoms with E-state index in [9.17, 15) is 19.5 Å². The first-order valence-electron chi connectivity index (χ1n) is 10.7. The van der Waals surface area contributed by atoms with E-state index in [-0.39, 0.29) is 28.7 Å². The molecule has 2 heterocycles. The number of nitrogens with one attached hydrogen (secondary N) is 1. The number of rotatable bonds is 5. The van der Waals surface area contributed by atoms with Crippen molar-refractivity contribution < 1.29 is 24.2 Å². The van der Waals surface area contributed by atoms with Crippen molar-refractivity contribution in [2.75, 3.05) is 17.7 Å². The van der Waals surface area contributed by atoms with Crippen LogP contribution in [0, 0.1) is 0 Å². The second-order valence-electron chi connectivity index (χ2n) is 7.99. The number of aliphatic carboxylic acids is 1. The van der Waals surface area contributed by atoms with Crippen molar-refractivity contribution in [2.45, 2.75) is 24.3 Å². The van der Waals surface area contributed by atoms with E-state index in [4.69, 9.17) is 4.74 Å². The molecule has 5 rings (SSSR count). The fraction of sp³-hybridized carbons (Fsp3) is 0.250. The Morgan fingerprint density at radius 1 is 1.12 bits per heavy atom. The summed E-state index contributed by atoms with van der Waals surface area (Å²) in [5, 5.41) is 13.4. The van der Waals surface area contributed by atoms with Gasteiger partial charge in [-0.25, -0.2) is 14.6 Å². The number of thioether (sulfide) groups is 1. The third kappa shape index (κ3) is 4.03. The Bertz CT molecular complexity index is 1230. The van der Waals surface area contributed by atoms with E-state index in [2.05, 4.69) is 22.4 Å². The normalized spacial score (nSPS) is 18.9. The van der Waals surface area contributed by atoms with Crippen molar-refractivity contribution in [2.24, 2.45) is 0 Å². The molecule has 34 heavy (non-hydrogen) atoms. The van der Waals surface area contributed by atoms with Crippen molar-refractivity contribution in [3.8, 4) is 11.1 Å². The third-order valence-corrected chi connectivity index (χ3v) is 7.99. The fourth-order valence-corrected chi connectivity index (χ4v) is 6.26. The van der Waals surface area contributed by atoms with E-state index in [0.717, 1.165) is 33.6 Å². The van der Waals surface area contributed by atoms with Gasteiger partial charge in [-0.05, 0) is 29.2 Å². The summed E-state index contributed by atoms with van der Waals surface area (Å²) >= 11 is 2.49. The maximum absolute atomic E-state index is 12.9. The van der Waals surface area contributed by atoms with Gasteiger partial charge < -0.3 is 14.7 Å². The Kier molecular flexibility index (Phi) is 6.01. The number of amides is 2. The largest absolute Gasteiger partial charge is 0.480 e. The number of carbonyl (C=O) groups excluding carboxylic acids is 2. The number of nitrogens with zero attached hydrogens (tertiary/aromatic N) is 2. The number of hydrogen-bond acceptors (Lipinski definition) is 7. The minimum absolute atomic E-state index is 0.0614. The number of aromatic nitrogens is 1. The zero-order chi connectivity index (χ0) is 23.8. The number of anilines is 1. The van der Waals surface area contributed by atoms with Crippen molar-refractivity contribution in [1.29, 1.82) is 0 Å². The lowest BCUT2D eigenvalue weighted by Crippen LogP contribution is -2.44. The number of carbonyl (C=O) groups is 3. The molecule has 1 aromatic heterocycles. The topological polar surface area (TPSA) is 109 Å². The molecule has 2 atom stereocenters. The van der Waals surface area contributed by atoms with Gasteiger partial charge in [0.2, 0.25) is 0 Å². The van der Waals surface area contributed by atoms with E-state index >= 15 is 0 Å². The van der Waals surface area contributed by atoms with Gasteiger partial charge in [0.25, 0.3) is 5.91 Å². The maximum atomic E-state index is 12.9. The van der Waals surface area contributed by atoms with E-state index in [0.29, 0.717) is 5.75 Å². The van der Waals surface area contributed by atoms with Crippen LogP contribution in [0.5, 0.6) is 0 Å². The minimum atomic E-state index is -1.04. The van der Waals surface area contributed by atoms with E-state index < -0.39 is 24.0 Å². The molecule has 174 valence electrons. The zero-order valence-electron chi connectivity index (χ0n) is 18.1. The first-order valence-corrected chi connectivity index (χ1v) is 12.6. The quantitative estimate of drug-likeness (QED) is 0.537. The van der Waals surface area contributed by atoms with Gasteiger partial charge in [-0.3, -0.25) is 10.1 Å². The van der Waals surface area contributed by atoms with Crippen molar-refractivity contribution in [3.05, 3.63) is 70.7 Å². The lowest BCUT2D eigenvalue weighted by Gasteiger charge is -2.23. The monoisotopic (exact) mass is 495 g/mol. The Balaban J connectivity index is 1.24. The predicted octanol–water partition coefficient (Wildman–Crippen LogP) is 4.49. The zero-order valence-corrected chi connectivity index (χ0v) is 19.8. The molecule has 3 aromatic rings. The number of fused-ring (bicyclic) bond motifs is 3. The molecule has 1 saturated heterocycles. The Morgan fingerprint density at radius 2 is 1.76 bits per heavy atom. The van der Waals surface area contributed by atoms with Gasteiger partial charge >= 0.3 is 12.1 Å². The van der Waals surface area contributed by atoms with Crippen LogP contribution in [0.4, 0.5) is 9.93 Å².